The number of hydrogen-bond acceptors (Lipinski definition) is 4. The SMILES string of the molecule is Cc1ccc(N(CCCC(=O)N(Cc2ccccc2)[C@@H](C)C(=O)NC2CCCC2)S(C)(=O)=O)cc1C. The first kappa shape index (κ1) is 27.7. The lowest BCUT2D eigenvalue weighted by molar-refractivity contribution is -0.141. The molecule has 2 amide bonds. The van der Waals surface area contributed by atoms with Gasteiger partial charge in [0.05, 0.1) is 11.9 Å². The van der Waals surface area contributed by atoms with E-state index in [4.69, 9.17) is 0 Å². The molecule has 2 aromatic carbocycles. The topological polar surface area (TPSA) is 86.8 Å². The molecule has 7 nitrogen and oxygen atoms in total. The van der Waals surface area contributed by atoms with Crippen LogP contribution in [0.1, 0.15) is 62.1 Å². The second kappa shape index (κ2) is 12.4. The summed E-state index contributed by atoms with van der Waals surface area (Å²) in [4.78, 5) is 28.0. The molecule has 1 N–H and O–H groups in total. The summed E-state index contributed by atoms with van der Waals surface area (Å²) < 4.78 is 26.4. The average Bonchev–Trinajstić information content (AvgIpc) is 3.34. The molecule has 0 radical (unpaired) electrons. The van der Waals surface area contributed by atoms with Crippen LogP contribution in [0.4, 0.5) is 5.69 Å². The summed E-state index contributed by atoms with van der Waals surface area (Å²) in [6.07, 6.45) is 5.86. The number of amides is 2. The highest BCUT2D eigenvalue weighted by atomic mass is 32.2. The van der Waals surface area contributed by atoms with Crippen LogP contribution in [0.3, 0.4) is 0 Å². The van der Waals surface area contributed by atoms with E-state index < -0.39 is 16.1 Å². The molecule has 1 aliphatic carbocycles. The normalized spacial score (nSPS) is 14.9. The van der Waals surface area contributed by atoms with Gasteiger partial charge >= 0.3 is 0 Å². The number of nitrogens with one attached hydrogen (secondary N) is 1. The number of sulfonamides is 1. The highest BCUT2D eigenvalue weighted by Crippen LogP contribution is 2.23. The Morgan fingerprint density at radius 2 is 1.69 bits per heavy atom. The second-order valence-corrected chi connectivity index (χ2v) is 11.8. The van der Waals surface area contributed by atoms with Gasteiger partial charge in [0.25, 0.3) is 0 Å². The van der Waals surface area contributed by atoms with E-state index in [1.165, 1.54) is 10.6 Å². The first-order valence-electron chi connectivity index (χ1n) is 12.7. The van der Waals surface area contributed by atoms with E-state index in [-0.39, 0.29) is 30.8 Å². The summed E-state index contributed by atoms with van der Waals surface area (Å²) in [6.45, 7) is 6.21. The molecule has 36 heavy (non-hydrogen) atoms. The lowest BCUT2D eigenvalue weighted by atomic mass is 10.1. The van der Waals surface area contributed by atoms with Crippen molar-refractivity contribution in [1.29, 1.82) is 0 Å². The summed E-state index contributed by atoms with van der Waals surface area (Å²) >= 11 is 0. The van der Waals surface area contributed by atoms with Gasteiger partial charge in [0, 0.05) is 25.6 Å². The van der Waals surface area contributed by atoms with Crippen LogP contribution in [0.25, 0.3) is 0 Å². The third-order valence-electron chi connectivity index (χ3n) is 7.00. The van der Waals surface area contributed by atoms with Gasteiger partial charge in [-0.25, -0.2) is 8.42 Å². The van der Waals surface area contributed by atoms with Crippen LogP contribution in [-0.4, -0.2) is 50.0 Å². The van der Waals surface area contributed by atoms with E-state index in [1.807, 2.05) is 56.3 Å². The quantitative estimate of drug-likeness (QED) is 0.485. The van der Waals surface area contributed by atoms with Gasteiger partial charge in [-0.2, -0.15) is 0 Å². The van der Waals surface area contributed by atoms with Crippen LogP contribution in [0.2, 0.25) is 0 Å². The highest BCUT2D eigenvalue weighted by molar-refractivity contribution is 7.92. The van der Waals surface area contributed by atoms with Crippen molar-refractivity contribution in [3.8, 4) is 0 Å². The van der Waals surface area contributed by atoms with Crippen molar-refractivity contribution in [2.24, 2.45) is 0 Å². The van der Waals surface area contributed by atoms with Gasteiger partial charge < -0.3 is 10.2 Å². The number of benzene rings is 2. The number of rotatable bonds is 11. The third kappa shape index (κ3) is 7.56. The Hall–Kier alpha value is -2.87. The Labute approximate surface area is 215 Å². The van der Waals surface area contributed by atoms with Crippen LogP contribution in [0.15, 0.2) is 48.5 Å². The molecule has 0 saturated heterocycles. The summed E-state index contributed by atoms with van der Waals surface area (Å²) in [7, 11) is -3.51. The van der Waals surface area contributed by atoms with Crippen LogP contribution in [0.5, 0.6) is 0 Å². The smallest absolute Gasteiger partial charge is 0.242 e. The molecule has 2 aromatic rings. The molecule has 1 aliphatic rings. The number of carbonyl (C=O) groups excluding carboxylic acids is 2. The monoisotopic (exact) mass is 513 g/mol. The number of hydrogen-bond donors (Lipinski definition) is 1. The van der Waals surface area contributed by atoms with Crippen molar-refractivity contribution in [3.63, 3.8) is 0 Å². The summed E-state index contributed by atoms with van der Waals surface area (Å²) in [5.74, 6) is -0.305. The molecule has 3 rings (SSSR count). The fourth-order valence-electron chi connectivity index (χ4n) is 4.64. The largest absolute Gasteiger partial charge is 0.352 e. The molecule has 0 unspecified atom stereocenters. The minimum Gasteiger partial charge on any atom is -0.352 e. The summed E-state index contributed by atoms with van der Waals surface area (Å²) in [6, 6.07) is 14.7. The van der Waals surface area contributed by atoms with E-state index in [0.29, 0.717) is 18.7 Å². The predicted molar refractivity (Wildman–Crippen MR) is 144 cm³/mol. The molecule has 1 saturated carbocycles. The van der Waals surface area contributed by atoms with Crippen LogP contribution in [0, 0.1) is 13.8 Å². The van der Waals surface area contributed by atoms with Crippen molar-refractivity contribution in [1.82, 2.24) is 10.2 Å². The van der Waals surface area contributed by atoms with Crippen LogP contribution < -0.4 is 9.62 Å². The van der Waals surface area contributed by atoms with Gasteiger partial charge in [-0.15, -0.1) is 0 Å². The van der Waals surface area contributed by atoms with Crippen molar-refractivity contribution in [3.05, 3.63) is 65.2 Å². The Kier molecular flexibility index (Phi) is 9.54. The standard InChI is InChI=1S/C28H39N3O4S/c1-21-16-17-26(19-22(21)2)31(36(4,34)35)18-10-15-27(32)30(20-24-11-6-5-7-12-24)23(3)28(33)29-25-13-8-9-14-25/h5-7,11-12,16-17,19,23,25H,8-10,13-15,18,20H2,1-4H3,(H,29,33)/t23-/m0/s1. The maximum atomic E-state index is 13.4. The fraction of sp³-hybridized carbons (Fsp3) is 0.500. The molecule has 0 aromatic heterocycles. The molecule has 0 aliphatic heterocycles. The van der Waals surface area contributed by atoms with Gasteiger partial charge in [-0.05, 0) is 68.9 Å². The number of carbonyl (C=O) groups is 2. The van der Waals surface area contributed by atoms with Gasteiger partial charge in [0.2, 0.25) is 21.8 Å². The van der Waals surface area contributed by atoms with E-state index in [0.717, 1.165) is 42.4 Å². The maximum absolute atomic E-state index is 13.4. The lowest BCUT2D eigenvalue weighted by Crippen LogP contribution is -2.49. The molecule has 8 heteroatoms. The Bertz CT molecular complexity index is 1140. The number of aryl methyl sites for hydroxylation is 2. The van der Waals surface area contributed by atoms with Crippen molar-refractivity contribution < 1.29 is 18.0 Å². The van der Waals surface area contributed by atoms with Gasteiger partial charge in [0.15, 0.2) is 0 Å². The van der Waals surface area contributed by atoms with E-state index in [2.05, 4.69) is 5.32 Å². The number of anilines is 1. The Balaban J connectivity index is 1.70. The fourth-order valence-corrected chi connectivity index (χ4v) is 5.60. The Morgan fingerprint density at radius 1 is 1.03 bits per heavy atom. The summed E-state index contributed by atoms with van der Waals surface area (Å²) in [5, 5.41) is 3.10. The first-order valence-corrected chi connectivity index (χ1v) is 14.6. The Morgan fingerprint density at radius 3 is 2.31 bits per heavy atom. The molecule has 0 spiro atoms. The predicted octanol–water partition coefficient (Wildman–Crippen LogP) is 4.33. The third-order valence-corrected chi connectivity index (χ3v) is 8.19. The molecule has 0 heterocycles. The molecule has 1 atom stereocenters. The molecular formula is C28H39N3O4S. The zero-order valence-corrected chi connectivity index (χ0v) is 22.7. The zero-order chi connectivity index (χ0) is 26.3. The lowest BCUT2D eigenvalue weighted by Gasteiger charge is -2.30. The maximum Gasteiger partial charge on any atom is 0.242 e. The number of nitrogens with zero attached hydrogens (tertiary/aromatic N) is 2. The van der Waals surface area contributed by atoms with E-state index in [9.17, 15) is 18.0 Å². The summed E-state index contributed by atoms with van der Waals surface area (Å²) in [5.41, 5.74) is 3.63. The first-order chi connectivity index (χ1) is 17.1. The van der Waals surface area contributed by atoms with Crippen molar-refractivity contribution in [2.45, 2.75) is 77.9 Å². The minimum absolute atomic E-state index is 0.140. The molecule has 196 valence electrons. The van der Waals surface area contributed by atoms with Gasteiger partial charge in [0.1, 0.15) is 6.04 Å². The van der Waals surface area contributed by atoms with Crippen LogP contribution >= 0.6 is 0 Å². The molecule has 1 fully saturated rings. The average molecular weight is 514 g/mol. The highest BCUT2D eigenvalue weighted by Gasteiger charge is 2.28. The van der Waals surface area contributed by atoms with Gasteiger partial charge in [-0.3, -0.25) is 13.9 Å². The van der Waals surface area contributed by atoms with E-state index >= 15 is 0 Å². The molecule has 0 bridgehead atoms. The minimum atomic E-state index is -3.51. The molecular weight excluding hydrogens is 474 g/mol. The van der Waals surface area contributed by atoms with Gasteiger partial charge in [-0.1, -0.05) is 49.2 Å². The van der Waals surface area contributed by atoms with Crippen LogP contribution in [-0.2, 0) is 26.2 Å². The second-order valence-electron chi connectivity index (χ2n) is 9.88. The zero-order valence-electron chi connectivity index (χ0n) is 21.9. The van der Waals surface area contributed by atoms with Crippen molar-refractivity contribution in [2.75, 3.05) is 17.1 Å². The van der Waals surface area contributed by atoms with Crippen molar-refractivity contribution >= 4 is 27.5 Å². The van der Waals surface area contributed by atoms with E-state index in [1.54, 1.807) is 17.9 Å².